The second-order valence-electron chi connectivity index (χ2n) is 4.91. The van der Waals surface area contributed by atoms with E-state index in [1.54, 1.807) is 12.1 Å². The molecule has 110 valence electrons. The molecule has 2 rings (SSSR count). The fraction of sp³-hybridized carbons (Fsp3) is 0.188. The predicted octanol–water partition coefficient (Wildman–Crippen LogP) is 4.43. The van der Waals surface area contributed by atoms with Gasteiger partial charge in [0.15, 0.2) is 0 Å². The van der Waals surface area contributed by atoms with Gasteiger partial charge in [-0.05, 0) is 42.4 Å². The van der Waals surface area contributed by atoms with Crippen LogP contribution in [0.15, 0.2) is 46.9 Å². The number of benzene rings is 2. The van der Waals surface area contributed by atoms with Crippen molar-refractivity contribution in [2.24, 2.45) is 0 Å². The largest absolute Gasteiger partial charge is 0.478 e. The van der Waals surface area contributed by atoms with E-state index >= 15 is 0 Å². The van der Waals surface area contributed by atoms with E-state index in [9.17, 15) is 4.79 Å². The summed E-state index contributed by atoms with van der Waals surface area (Å²) in [5.41, 5.74) is 2.47. The summed E-state index contributed by atoms with van der Waals surface area (Å²) in [5.74, 6) is -0.922. The fourth-order valence-corrected chi connectivity index (χ4v) is 2.82. The van der Waals surface area contributed by atoms with Crippen molar-refractivity contribution in [1.29, 1.82) is 0 Å². The van der Waals surface area contributed by atoms with Gasteiger partial charge >= 0.3 is 5.97 Å². The van der Waals surface area contributed by atoms with E-state index < -0.39 is 5.97 Å². The van der Waals surface area contributed by atoms with Crippen molar-refractivity contribution in [3.63, 3.8) is 0 Å². The van der Waals surface area contributed by atoms with Crippen LogP contribution in [0.25, 0.3) is 0 Å². The molecule has 5 heteroatoms. The zero-order valence-electron chi connectivity index (χ0n) is 11.5. The molecule has 3 nitrogen and oxygen atoms in total. The molecule has 0 aliphatic rings. The summed E-state index contributed by atoms with van der Waals surface area (Å²) in [6.45, 7) is 1.49. The average Bonchev–Trinajstić information content (AvgIpc) is 2.40. The molecule has 0 aliphatic carbocycles. The summed E-state index contributed by atoms with van der Waals surface area (Å²) in [7, 11) is 2.01. The maximum atomic E-state index is 10.9. The third-order valence-corrected chi connectivity index (χ3v) is 4.06. The van der Waals surface area contributed by atoms with Crippen LogP contribution in [-0.2, 0) is 13.1 Å². The molecule has 0 aliphatic heterocycles. The standard InChI is InChI=1S/C16H15BrClNO2/c1-19(9-11-3-2-4-14(18)7-11)10-13-6-5-12(16(20)21)8-15(13)17/h2-8H,9-10H2,1H3,(H,20,21). The van der Waals surface area contributed by atoms with Gasteiger partial charge in [-0.15, -0.1) is 0 Å². The first-order valence-corrected chi connectivity index (χ1v) is 7.57. The number of carbonyl (C=O) groups is 1. The Balaban J connectivity index is 2.06. The van der Waals surface area contributed by atoms with Crippen LogP contribution in [-0.4, -0.2) is 23.0 Å². The third kappa shape index (κ3) is 4.56. The Labute approximate surface area is 137 Å². The summed E-state index contributed by atoms with van der Waals surface area (Å²) < 4.78 is 0.806. The summed E-state index contributed by atoms with van der Waals surface area (Å²) in [5, 5.41) is 9.69. The van der Waals surface area contributed by atoms with Crippen molar-refractivity contribution in [2.75, 3.05) is 7.05 Å². The van der Waals surface area contributed by atoms with Crippen molar-refractivity contribution in [3.8, 4) is 0 Å². The second kappa shape index (κ2) is 7.07. The molecule has 0 fully saturated rings. The van der Waals surface area contributed by atoms with Crippen molar-refractivity contribution < 1.29 is 9.90 Å². The Bertz CT molecular complexity index is 660. The van der Waals surface area contributed by atoms with E-state index in [-0.39, 0.29) is 5.56 Å². The van der Waals surface area contributed by atoms with Gasteiger partial charge in [0.25, 0.3) is 0 Å². The van der Waals surface area contributed by atoms with Crippen molar-refractivity contribution in [2.45, 2.75) is 13.1 Å². The van der Waals surface area contributed by atoms with Gasteiger partial charge in [-0.2, -0.15) is 0 Å². The van der Waals surface area contributed by atoms with Crippen LogP contribution in [0.2, 0.25) is 5.02 Å². The van der Waals surface area contributed by atoms with E-state index in [4.69, 9.17) is 16.7 Å². The smallest absolute Gasteiger partial charge is 0.335 e. The molecule has 0 bridgehead atoms. The van der Waals surface area contributed by atoms with E-state index in [2.05, 4.69) is 20.8 Å². The van der Waals surface area contributed by atoms with Gasteiger partial charge < -0.3 is 5.11 Å². The van der Waals surface area contributed by atoms with Crippen LogP contribution in [0, 0.1) is 0 Å². The van der Waals surface area contributed by atoms with Crippen LogP contribution in [0.4, 0.5) is 0 Å². The molecule has 0 atom stereocenters. The van der Waals surface area contributed by atoms with Crippen LogP contribution in [0.3, 0.4) is 0 Å². The summed E-state index contributed by atoms with van der Waals surface area (Å²) in [6, 6.07) is 12.9. The Morgan fingerprint density at radius 1 is 1.24 bits per heavy atom. The highest BCUT2D eigenvalue weighted by molar-refractivity contribution is 9.10. The van der Waals surface area contributed by atoms with Gasteiger partial charge in [0, 0.05) is 22.6 Å². The van der Waals surface area contributed by atoms with E-state index in [0.717, 1.165) is 27.2 Å². The predicted molar refractivity (Wildman–Crippen MR) is 87.7 cm³/mol. The Kier molecular flexibility index (Phi) is 5.39. The van der Waals surface area contributed by atoms with Gasteiger partial charge in [0.2, 0.25) is 0 Å². The molecule has 0 aromatic heterocycles. The van der Waals surface area contributed by atoms with Crippen LogP contribution in [0.5, 0.6) is 0 Å². The molecule has 0 spiro atoms. The SMILES string of the molecule is CN(Cc1cccc(Cl)c1)Cc1ccc(C(=O)O)cc1Br. The Morgan fingerprint density at radius 3 is 2.62 bits per heavy atom. The van der Waals surface area contributed by atoms with Gasteiger partial charge in [-0.1, -0.05) is 45.7 Å². The first-order chi connectivity index (χ1) is 9.95. The quantitative estimate of drug-likeness (QED) is 0.848. The first-order valence-electron chi connectivity index (χ1n) is 6.40. The number of hydrogen-bond donors (Lipinski definition) is 1. The number of aromatic carboxylic acids is 1. The molecule has 0 radical (unpaired) electrons. The second-order valence-corrected chi connectivity index (χ2v) is 6.20. The highest BCUT2D eigenvalue weighted by Gasteiger charge is 2.09. The van der Waals surface area contributed by atoms with E-state index in [0.29, 0.717) is 6.54 Å². The number of carboxylic acids is 1. The van der Waals surface area contributed by atoms with E-state index in [1.807, 2.05) is 37.4 Å². The van der Waals surface area contributed by atoms with Gasteiger partial charge in [-0.3, -0.25) is 4.90 Å². The minimum absolute atomic E-state index is 0.281. The molecule has 1 N–H and O–H groups in total. The van der Waals surface area contributed by atoms with Crippen LogP contribution < -0.4 is 0 Å². The highest BCUT2D eigenvalue weighted by atomic mass is 79.9. The van der Waals surface area contributed by atoms with Crippen molar-refractivity contribution >= 4 is 33.5 Å². The fourth-order valence-electron chi connectivity index (χ4n) is 2.10. The molecule has 21 heavy (non-hydrogen) atoms. The minimum atomic E-state index is -0.922. The zero-order valence-corrected chi connectivity index (χ0v) is 13.9. The summed E-state index contributed by atoms with van der Waals surface area (Å²) in [4.78, 5) is 13.1. The highest BCUT2D eigenvalue weighted by Crippen LogP contribution is 2.21. The van der Waals surface area contributed by atoms with Crippen molar-refractivity contribution in [1.82, 2.24) is 4.90 Å². The molecule has 0 amide bonds. The number of hydrogen-bond acceptors (Lipinski definition) is 2. The lowest BCUT2D eigenvalue weighted by Crippen LogP contribution is -2.17. The number of nitrogens with zero attached hydrogens (tertiary/aromatic N) is 1. The monoisotopic (exact) mass is 367 g/mol. The molecule has 0 saturated carbocycles. The Morgan fingerprint density at radius 2 is 2.00 bits per heavy atom. The molecular weight excluding hydrogens is 354 g/mol. The van der Waals surface area contributed by atoms with Crippen molar-refractivity contribution in [3.05, 3.63) is 68.7 Å². The van der Waals surface area contributed by atoms with E-state index in [1.165, 1.54) is 0 Å². The first kappa shape index (κ1) is 16.0. The molecule has 2 aromatic carbocycles. The average molecular weight is 369 g/mol. The van der Waals surface area contributed by atoms with Gasteiger partial charge in [0.05, 0.1) is 5.56 Å². The number of carboxylic acid groups (broad SMARTS) is 1. The number of halogens is 2. The number of rotatable bonds is 5. The molecule has 0 unspecified atom stereocenters. The molecular formula is C16H15BrClNO2. The van der Waals surface area contributed by atoms with Crippen LogP contribution >= 0.6 is 27.5 Å². The summed E-state index contributed by atoms with van der Waals surface area (Å²) in [6.07, 6.45) is 0. The normalized spacial score (nSPS) is 10.9. The van der Waals surface area contributed by atoms with Gasteiger partial charge in [-0.25, -0.2) is 4.79 Å². The molecule has 0 saturated heterocycles. The minimum Gasteiger partial charge on any atom is -0.478 e. The maximum absolute atomic E-state index is 10.9. The summed E-state index contributed by atoms with van der Waals surface area (Å²) >= 11 is 9.41. The third-order valence-electron chi connectivity index (χ3n) is 3.08. The lowest BCUT2D eigenvalue weighted by molar-refractivity contribution is 0.0697. The van der Waals surface area contributed by atoms with Gasteiger partial charge in [0.1, 0.15) is 0 Å². The zero-order chi connectivity index (χ0) is 15.4. The van der Waals surface area contributed by atoms with Crippen LogP contribution in [0.1, 0.15) is 21.5 Å². The topological polar surface area (TPSA) is 40.5 Å². The maximum Gasteiger partial charge on any atom is 0.335 e. The molecule has 0 heterocycles. The lowest BCUT2D eigenvalue weighted by atomic mass is 10.1. The lowest BCUT2D eigenvalue weighted by Gasteiger charge is -2.18. The Hall–Kier alpha value is -1.36. The molecule has 2 aromatic rings.